The summed E-state index contributed by atoms with van der Waals surface area (Å²) in [5.41, 5.74) is 1.05. The van der Waals surface area contributed by atoms with E-state index in [2.05, 4.69) is 20.5 Å². The van der Waals surface area contributed by atoms with E-state index in [1.54, 1.807) is 10.7 Å². The zero-order chi connectivity index (χ0) is 16.8. The molecule has 3 rings (SSSR count). The largest absolute Gasteiger partial charge is 0.367 e. The van der Waals surface area contributed by atoms with E-state index >= 15 is 0 Å². The van der Waals surface area contributed by atoms with Gasteiger partial charge in [0.2, 0.25) is 0 Å². The van der Waals surface area contributed by atoms with Crippen molar-refractivity contribution in [1.29, 1.82) is 0 Å². The van der Waals surface area contributed by atoms with Crippen LogP contribution in [0.15, 0.2) is 24.4 Å². The highest BCUT2D eigenvalue weighted by atomic mass is 35.5. The smallest absolute Gasteiger partial charge is 0.168 e. The summed E-state index contributed by atoms with van der Waals surface area (Å²) in [6, 6.07) is 5.61. The Morgan fingerprint density at radius 1 is 1.08 bits per heavy atom. The van der Waals surface area contributed by atoms with E-state index < -0.39 is 0 Å². The van der Waals surface area contributed by atoms with Crippen molar-refractivity contribution in [2.75, 3.05) is 31.5 Å². The van der Waals surface area contributed by atoms with Gasteiger partial charge in [0, 0.05) is 6.54 Å². The zero-order valence-electron chi connectivity index (χ0n) is 14.1. The van der Waals surface area contributed by atoms with Crippen molar-refractivity contribution >= 4 is 41.4 Å². The molecule has 1 aromatic carbocycles. The number of benzene rings is 1. The molecule has 1 fully saturated rings. The molecule has 2 heterocycles. The predicted molar refractivity (Wildman–Crippen MR) is 106 cm³/mol. The number of halogens is 3. The van der Waals surface area contributed by atoms with Crippen LogP contribution >= 0.6 is 35.6 Å². The van der Waals surface area contributed by atoms with E-state index in [-0.39, 0.29) is 12.4 Å². The van der Waals surface area contributed by atoms with Gasteiger partial charge in [-0.05, 0) is 56.6 Å². The quantitative estimate of drug-likeness (QED) is 0.697. The molecule has 0 unspecified atom stereocenters. The van der Waals surface area contributed by atoms with E-state index in [0.29, 0.717) is 16.6 Å². The lowest BCUT2D eigenvalue weighted by Crippen LogP contribution is -2.31. The number of piperidine rings is 1. The Morgan fingerprint density at radius 2 is 1.88 bits per heavy atom. The van der Waals surface area contributed by atoms with Gasteiger partial charge in [0.1, 0.15) is 0 Å². The maximum atomic E-state index is 6.04. The molecule has 1 aromatic heterocycles. The predicted octanol–water partition coefficient (Wildman–Crippen LogP) is 4.34. The second kappa shape index (κ2) is 10.2. The molecule has 5 nitrogen and oxygen atoms in total. The highest BCUT2D eigenvalue weighted by Gasteiger charge is 2.09. The Hall–Kier alpha value is -1.01. The van der Waals surface area contributed by atoms with Crippen molar-refractivity contribution in [3.8, 4) is 0 Å². The van der Waals surface area contributed by atoms with Gasteiger partial charge in [-0.25, -0.2) is 4.68 Å². The lowest BCUT2D eigenvalue weighted by Gasteiger charge is -2.26. The molecule has 0 bridgehead atoms. The van der Waals surface area contributed by atoms with Crippen LogP contribution in [0.5, 0.6) is 0 Å². The van der Waals surface area contributed by atoms with Gasteiger partial charge in [-0.15, -0.1) is 17.5 Å². The highest BCUT2D eigenvalue weighted by molar-refractivity contribution is 6.42. The molecule has 25 heavy (non-hydrogen) atoms. The standard InChI is InChI=1S/C17H23Cl2N5.ClH/c18-15-6-5-14(11-16(15)19)12-24-13-17(21-22-24)20-7-4-10-23-8-2-1-3-9-23;/h5-6,11,13,20H,1-4,7-10,12H2;1H. The average molecular weight is 405 g/mol. The Morgan fingerprint density at radius 3 is 2.64 bits per heavy atom. The van der Waals surface area contributed by atoms with E-state index in [9.17, 15) is 0 Å². The van der Waals surface area contributed by atoms with Crippen LogP contribution in [0.4, 0.5) is 5.82 Å². The van der Waals surface area contributed by atoms with Crippen LogP contribution in [0.1, 0.15) is 31.2 Å². The first-order chi connectivity index (χ1) is 11.7. The summed E-state index contributed by atoms with van der Waals surface area (Å²) in [7, 11) is 0. The number of likely N-dealkylation sites (tertiary alicyclic amines) is 1. The van der Waals surface area contributed by atoms with Crippen molar-refractivity contribution in [3.63, 3.8) is 0 Å². The van der Waals surface area contributed by atoms with Crippen molar-refractivity contribution in [1.82, 2.24) is 19.9 Å². The summed E-state index contributed by atoms with van der Waals surface area (Å²) in [5.74, 6) is 0.814. The van der Waals surface area contributed by atoms with Crippen LogP contribution in [0.2, 0.25) is 10.0 Å². The summed E-state index contributed by atoms with van der Waals surface area (Å²) in [5, 5.41) is 12.8. The lowest BCUT2D eigenvalue weighted by atomic mass is 10.1. The first-order valence-corrected chi connectivity index (χ1v) is 9.26. The molecule has 0 aliphatic carbocycles. The summed E-state index contributed by atoms with van der Waals surface area (Å²) in [6.07, 6.45) is 7.12. The van der Waals surface area contributed by atoms with Crippen molar-refractivity contribution in [2.45, 2.75) is 32.2 Å². The monoisotopic (exact) mass is 403 g/mol. The average Bonchev–Trinajstić information content (AvgIpc) is 3.03. The molecule has 0 saturated carbocycles. The van der Waals surface area contributed by atoms with Crippen LogP contribution in [-0.2, 0) is 6.54 Å². The first kappa shape index (κ1) is 20.3. The molecule has 138 valence electrons. The van der Waals surface area contributed by atoms with E-state index in [0.717, 1.165) is 30.9 Å². The number of rotatable bonds is 7. The fourth-order valence-corrected chi connectivity index (χ4v) is 3.30. The molecular formula is C17H24Cl3N5. The van der Waals surface area contributed by atoms with Gasteiger partial charge in [-0.3, -0.25) is 0 Å². The number of nitrogens with zero attached hydrogens (tertiary/aromatic N) is 4. The number of hydrogen-bond acceptors (Lipinski definition) is 4. The zero-order valence-corrected chi connectivity index (χ0v) is 16.5. The molecule has 0 atom stereocenters. The maximum absolute atomic E-state index is 6.04. The Labute approximate surface area is 165 Å². The van der Waals surface area contributed by atoms with Crippen molar-refractivity contribution < 1.29 is 0 Å². The van der Waals surface area contributed by atoms with E-state index in [1.165, 1.54) is 32.4 Å². The topological polar surface area (TPSA) is 46.0 Å². The summed E-state index contributed by atoms with van der Waals surface area (Å²) < 4.78 is 1.80. The van der Waals surface area contributed by atoms with Gasteiger partial charge in [0.25, 0.3) is 0 Å². The van der Waals surface area contributed by atoms with Gasteiger partial charge in [0.15, 0.2) is 5.82 Å². The molecule has 1 N–H and O–H groups in total. The van der Waals surface area contributed by atoms with Crippen molar-refractivity contribution in [2.24, 2.45) is 0 Å². The molecule has 1 aliphatic heterocycles. The Balaban J connectivity index is 0.00000225. The second-order valence-electron chi connectivity index (χ2n) is 6.23. The molecule has 2 aromatic rings. The van der Waals surface area contributed by atoms with Crippen LogP contribution in [0.25, 0.3) is 0 Å². The van der Waals surface area contributed by atoms with Crippen LogP contribution in [0, 0.1) is 0 Å². The van der Waals surface area contributed by atoms with Gasteiger partial charge in [-0.1, -0.05) is 40.9 Å². The maximum Gasteiger partial charge on any atom is 0.168 e. The first-order valence-electron chi connectivity index (χ1n) is 8.51. The van der Waals surface area contributed by atoms with Crippen molar-refractivity contribution in [3.05, 3.63) is 40.0 Å². The SMILES string of the molecule is Cl.Clc1ccc(Cn2cc(NCCCN3CCCCC3)nn2)cc1Cl. The molecule has 0 amide bonds. The minimum atomic E-state index is 0. The molecular weight excluding hydrogens is 381 g/mol. The van der Waals surface area contributed by atoms with Crippen LogP contribution < -0.4 is 5.32 Å². The molecule has 0 spiro atoms. The Bertz CT molecular complexity index is 655. The van der Waals surface area contributed by atoms with E-state index in [1.807, 2.05) is 18.3 Å². The van der Waals surface area contributed by atoms with Gasteiger partial charge in [0.05, 0.1) is 22.8 Å². The summed E-state index contributed by atoms with van der Waals surface area (Å²) >= 11 is 12.0. The lowest BCUT2D eigenvalue weighted by molar-refractivity contribution is 0.228. The van der Waals surface area contributed by atoms with E-state index in [4.69, 9.17) is 23.2 Å². The number of anilines is 1. The third-order valence-electron chi connectivity index (χ3n) is 4.27. The third-order valence-corrected chi connectivity index (χ3v) is 5.01. The second-order valence-corrected chi connectivity index (χ2v) is 7.05. The molecule has 1 saturated heterocycles. The molecule has 8 heteroatoms. The highest BCUT2D eigenvalue weighted by Crippen LogP contribution is 2.23. The summed E-state index contributed by atoms with van der Waals surface area (Å²) in [6.45, 7) is 5.20. The van der Waals surface area contributed by atoms with Crippen LogP contribution in [0.3, 0.4) is 0 Å². The normalized spacial score (nSPS) is 15.0. The number of nitrogens with one attached hydrogen (secondary N) is 1. The fraction of sp³-hybridized carbons (Fsp3) is 0.529. The molecule has 1 aliphatic rings. The number of aromatic nitrogens is 3. The summed E-state index contributed by atoms with van der Waals surface area (Å²) in [4.78, 5) is 2.55. The van der Waals surface area contributed by atoms with Gasteiger partial charge >= 0.3 is 0 Å². The molecule has 0 radical (unpaired) electrons. The minimum absolute atomic E-state index is 0. The van der Waals surface area contributed by atoms with Gasteiger partial charge in [-0.2, -0.15) is 0 Å². The Kier molecular flexibility index (Phi) is 8.30. The third kappa shape index (κ3) is 6.33. The minimum Gasteiger partial charge on any atom is -0.367 e. The number of hydrogen-bond donors (Lipinski definition) is 1. The van der Waals surface area contributed by atoms with Gasteiger partial charge < -0.3 is 10.2 Å². The fourth-order valence-electron chi connectivity index (χ4n) is 2.98. The van der Waals surface area contributed by atoms with Crippen LogP contribution in [-0.4, -0.2) is 46.1 Å².